The molecule has 8 heteroatoms. The highest BCUT2D eigenvalue weighted by Gasteiger charge is 2.36. The number of quaternary nitrogens is 1. The van der Waals surface area contributed by atoms with Crippen LogP contribution in [0.2, 0.25) is 0 Å². The first kappa shape index (κ1) is 22.1. The first-order valence-corrected chi connectivity index (χ1v) is 10.7. The van der Waals surface area contributed by atoms with Crippen molar-refractivity contribution in [3.8, 4) is 5.75 Å². The van der Waals surface area contributed by atoms with Crippen LogP contribution in [0.15, 0.2) is 24.3 Å². The van der Waals surface area contributed by atoms with Crippen LogP contribution < -0.4 is 20.5 Å². The van der Waals surface area contributed by atoms with Gasteiger partial charge in [0.15, 0.2) is 6.04 Å². The molecule has 30 heavy (non-hydrogen) atoms. The number of likely N-dealkylation sites (tertiary alicyclic amines) is 2. The molecule has 3 N–H and O–H groups in total. The van der Waals surface area contributed by atoms with E-state index >= 15 is 0 Å². The van der Waals surface area contributed by atoms with Crippen molar-refractivity contribution in [3.05, 3.63) is 29.8 Å². The number of rotatable bonds is 8. The molecule has 0 radical (unpaired) electrons. The van der Waals surface area contributed by atoms with Crippen molar-refractivity contribution in [2.75, 3.05) is 33.3 Å². The molecule has 1 unspecified atom stereocenters. The number of aliphatic carboxylic acids is 1. The summed E-state index contributed by atoms with van der Waals surface area (Å²) in [6.07, 6.45) is 3.17. The number of carbonyl (C=O) groups is 3. The van der Waals surface area contributed by atoms with Gasteiger partial charge in [0.05, 0.1) is 20.2 Å². The second kappa shape index (κ2) is 9.93. The maximum absolute atomic E-state index is 13.0. The number of carboxylic acids is 1. The van der Waals surface area contributed by atoms with Crippen LogP contribution in [0.1, 0.15) is 42.5 Å². The van der Waals surface area contributed by atoms with Crippen LogP contribution in [-0.4, -0.2) is 62.0 Å². The number of hydrogen-bond acceptors (Lipinski definition) is 5. The summed E-state index contributed by atoms with van der Waals surface area (Å²) in [5.74, 6) is -0.658. The fourth-order valence-electron chi connectivity index (χ4n) is 4.92. The average molecular weight is 418 g/mol. The van der Waals surface area contributed by atoms with Gasteiger partial charge >= 0.3 is 0 Å². The fourth-order valence-corrected chi connectivity index (χ4v) is 4.92. The van der Waals surface area contributed by atoms with Gasteiger partial charge in [0.1, 0.15) is 5.75 Å². The van der Waals surface area contributed by atoms with Gasteiger partial charge in [0.25, 0.3) is 11.8 Å². The molecule has 2 aliphatic rings. The normalized spacial score (nSPS) is 26.4. The van der Waals surface area contributed by atoms with Crippen LogP contribution in [0.4, 0.5) is 0 Å². The number of methoxy groups -OCH3 is 1. The lowest BCUT2D eigenvalue weighted by atomic mass is 9.81. The molecule has 0 aliphatic carbocycles. The van der Waals surface area contributed by atoms with Gasteiger partial charge in [-0.1, -0.05) is 0 Å². The minimum Gasteiger partial charge on any atom is -0.550 e. The maximum Gasteiger partial charge on any atom is 0.275 e. The summed E-state index contributed by atoms with van der Waals surface area (Å²) in [6, 6.07) is 6.85. The zero-order valence-corrected chi connectivity index (χ0v) is 17.5. The first-order valence-electron chi connectivity index (χ1n) is 10.7. The van der Waals surface area contributed by atoms with Gasteiger partial charge in [-0.05, 0) is 48.9 Å². The van der Waals surface area contributed by atoms with Gasteiger partial charge in [-0.3, -0.25) is 9.59 Å². The quantitative estimate of drug-likeness (QED) is 0.553. The van der Waals surface area contributed by atoms with Gasteiger partial charge in [-0.25, -0.2) is 0 Å². The highest BCUT2D eigenvalue weighted by atomic mass is 16.5. The van der Waals surface area contributed by atoms with Crippen LogP contribution in [0.3, 0.4) is 0 Å². The molecular weight excluding hydrogens is 386 g/mol. The van der Waals surface area contributed by atoms with E-state index in [9.17, 15) is 19.5 Å². The van der Waals surface area contributed by atoms with E-state index in [2.05, 4.69) is 0 Å². The predicted octanol–water partition coefficient (Wildman–Crippen LogP) is -1.16. The Balaban J connectivity index is 1.66. The van der Waals surface area contributed by atoms with Gasteiger partial charge in [0.2, 0.25) is 0 Å². The number of hydrogen-bond donors (Lipinski definition) is 2. The molecule has 2 fully saturated rings. The van der Waals surface area contributed by atoms with Crippen molar-refractivity contribution in [3.63, 3.8) is 0 Å². The van der Waals surface area contributed by atoms with E-state index in [0.29, 0.717) is 30.8 Å². The summed E-state index contributed by atoms with van der Waals surface area (Å²) in [6.45, 7) is 2.70. The van der Waals surface area contributed by atoms with Crippen LogP contribution in [-0.2, 0) is 9.59 Å². The molecule has 0 aromatic heterocycles. The Morgan fingerprint density at radius 1 is 1.20 bits per heavy atom. The second-order valence-corrected chi connectivity index (χ2v) is 8.41. The van der Waals surface area contributed by atoms with Crippen molar-refractivity contribution >= 4 is 17.8 Å². The molecule has 2 aliphatic heterocycles. The third-order valence-corrected chi connectivity index (χ3v) is 6.61. The zero-order chi connectivity index (χ0) is 21.7. The number of ether oxygens (including phenoxy) is 1. The summed E-state index contributed by atoms with van der Waals surface area (Å²) in [7, 11) is 1.58. The van der Waals surface area contributed by atoms with Crippen molar-refractivity contribution < 1.29 is 29.1 Å². The predicted molar refractivity (Wildman–Crippen MR) is 108 cm³/mol. The van der Waals surface area contributed by atoms with E-state index in [4.69, 9.17) is 10.5 Å². The second-order valence-electron chi connectivity index (χ2n) is 8.41. The molecule has 0 saturated carbocycles. The van der Waals surface area contributed by atoms with E-state index in [0.717, 1.165) is 32.4 Å². The third-order valence-electron chi connectivity index (χ3n) is 6.61. The molecule has 1 aromatic rings. The maximum atomic E-state index is 13.0. The fraction of sp³-hybridized carbons (Fsp3) is 0.591. The van der Waals surface area contributed by atoms with Crippen molar-refractivity contribution in [1.82, 2.24) is 4.90 Å². The van der Waals surface area contributed by atoms with E-state index in [1.165, 1.54) is 4.90 Å². The summed E-state index contributed by atoms with van der Waals surface area (Å²) in [5, 5.41) is 11.2. The van der Waals surface area contributed by atoms with Gasteiger partial charge < -0.3 is 30.2 Å². The van der Waals surface area contributed by atoms with E-state index < -0.39 is 5.97 Å². The molecule has 2 saturated heterocycles. The number of nitrogens with one attached hydrogen (secondary N) is 1. The molecule has 1 aromatic carbocycles. The summed E-state index contributed by atoms with van der Waals surface area (Å²) in [4.78, 5) is 38.9. The Bertz CT molecular complexity index is 767. The third kappa shape index (κ3) is 5.30. The number of nitrogens with zero attached hydrogens (tertiary/aromatic N) is 1. The molecule has 2 heterocycles. The molecular formula is C22H31N3O5. The van der Waals surface area contributed by atoms with E-state index in [-0.39, 0.29) is 36.1 Å². The SMILES string of the molecule is COc1ccc(C(=O)N2CC[C@@H](CC(=O)[O-])[C@@H](CC[NH+]3CCC[C@H]3C(N)=O)C2)cc1. The molecule has 164 valence electrons. The minimum absolute atomic E-state index is 0.00378. The number of nitrogens with two attached hydrogens (primary N) is 1. The van der Waals surface area contributed by atoms with Gasteiger partial charge in [-0.2, -0.15) is 0 Å². The van der Waals surface area contributed by atoms with E-state index in [1.807, 2.05) is 4.90 Å². The molecule has 0 bridgehead atoms. The van der Waals surface area contributed by atoms with Crippen LogP contribution in [0.25, 0.3) is 0 Å². The highest BCUT2D eigenvalue weighted by molar-refractivity contribution is 5.94. The van der Waals surface area contributed by atoms with Crippen LogP contribution in [0, 0.1) is 11.8 Å². The monoisotopic (exact) mass is 417 g/mol. The minimum atomic E-state index is -1.05. The van der Waals surface area contributed by atoms with Crippen molar-refractivity contribution in [2.45, 2.75) is 38.1 Å². The molecule has 8 nitrogen and oxygen atoms in total. The number of piperidine rings is 1. The Morgan fingerprint density at radius 3 is 2.57 bits per heavy atom. The lowest BCUT2D eigenvalue weighted by Gasteiger charge is -2.39. The molecule has 0 spiro atoms. The topological polar surface area (TPSA) is 117 Å². The Kier molecular flexibility index (Phi) is 7.31. The number of carbonyl (C=O) groups excluding carboxylic acids is 3. The van der Waals surface area contributed by atoms with Gasteiger partial charge in [0, 0.05) is 43.9 Å². The average Bonchev–Trinajstić information content (AvgIpc) is 3.21. The lowest BCUT2D eigenvalue weighted by molar-refractivity contribution is -0.903. The standard InChI is InChI=1S/C22H31N3O5/c1-30-18-6-4-15(5-7-18)22(29)25-12-8-16(13-20(26)27)17(14-25)9-11-24-10-2-3-19(24)21(23)28/h4-7,16-17,19H,2-3,8-14H2,1H3,(H2,23,28)(H,26,27)/t16-,17-,19-/m0/s1. The summed E-state index contributed by atoms with van der Waals surface area (Å²) >= 11 is 0. The number of carboxylic acid groups (broad SMARTS) is 1. The number of primary amides is 1. The highest BCUT2D eigenvalue weighted by Crippen LogP contribution is 2.29. The first-order chi connectivity index (χ1) is 14.4. The van der Waals surface area contributed by atoms with Gasteiger partial charge in [-0.15, -0.1) is 0 Å². The zero-order valence-electron chi connectivity index (χ0n) is 17.5. The largest absolute Gasteiger partial charge is 0.550 e. The molecule has 4 atom stereocenters. The van der Waals surface area contributed by atoms with Crippen LogP contribution >= 0.6 is 0 Å². The van der Waals surface area contributed by atoms with E-state index in [1.54, 1.807) is 31.4 Å². The number of benzene rings is 1. The van der Waals surface area contributed by atoms with Crippen molar-refractivity contribution in [1.29, 1.82) is 0 Å². The number of amides is 2. The lowest BCUT2D eigenvalue weighted by Crippen LogP contribution is -3.15. The molecule has 2 amide bonds. The molecule has 3 rings (SSSR count). The smallest absolute Gasteiger partial charge is 0.275 e. The Labute approximate surface area is 177 Å². The van der Waals surface area contributed by atoms with Crippen LogP contribution in [0.5, 0.6) is 5.75 Å². The Hall–Kier alpha value is -2.61. The Morgan fingerprint density at radius 2 is 1.93 bits per heavy atom. The summed E-state index contributed by atoms with van der Waals surface area (Å²) < 4.78 is 5.15. The van der Waals surface area contributed by atoms with Crippen molar-refractivity contribution in [2.24, 2.45) is 17.6 Å². The summed E-state index contributed by atoms with van der Waals surface area (Å²) in [5.41, 5.74) is 6.12.